The first kappa shape index (κ1) is 10.3. The van der Waals surface area contributed by atoms with Crippen LogP contribution in [0.1, 0.15) is 19.3 Å². The van der Waals surface area contributed by atoms with Crippen LogP contribution in [0.15, 0.2) is 35.2 Å². The Morgan fingerprint density at radius 2 is 1.69 bits per heavy atom. The van der Waals surface area contributed by atoms with Crippen LogP contribution in [-0.2, 0) is 9.84 Å². The molecular formula is C12H14O3S. The van der Waals surface area contributed by atoms with Gasteiger partial charge in [0.05, 0.1) is 4.90 Å². The highest BCUT2D eigenvalue weighted by molar-refractivity contribution is 7.93. The van der Waals surface area contributed by atoms with Crippen molar-refractivity contribution in [1.82, 2.24) is 0 Å². The van der Waals surface area contributed by atoms with Gasteiger partial charge >= 0.3 is 0 Å². The molecule has 4 heteroatoms. The standard InChI is InChI=1S/C12H14O3S/c13-12(10-7-4-8-11(10)12)16(14,15)9-5-2-1-3-6-9/h1-3,5-6,10-11,13H,4,7-8H2/t10-,11+,12?. The lowest BCUT2D eigenvalue weighted by Gasteiger charge is -2.15. The van der Waals surface area contributed by atoms with Crippen molar-refractivity contribution in [3.05, 3.63) is 30.3 Å². The van der Waals surface area contributed by atoms with Crippen LogP contribution < -0.4 is 0 Å². The van der Waals surface area contributed by atoms with Gasteiger partial charge in [0.1, 0.15) is 0 Å². The fraction of sp³-hybridized carbons (Fsp3) is 0.500. The van der Waals surface area contributed by atoms with Crippen LogP contribution in [0.4, 0.5) is 0 Å². The summed E-state index contributed by atoms with van der Waals surface area (Å²) in [6.07, 6.45) is 2.72. The number of hydrogen-bond donors (Lipinski definition) is 1. The molecule has 2 aliphatic rings. The third-order valence-electron chi connectivity index (χ3n) is 3.95. The van der Waals surface area contributed by atoms with Crippen LogP contribution in [0, 0.1) is 11.8 Å². The topological polar surface area (TPSA) is 54.4 Å². The van der Waals surface area contributed by atoms with E-state index in [9.17, 15) is 13.5 Å². The van der Waals surface area contributed by atoms with E-state index in [-0.39, 0.29) is 16.7 Å². The summed E-state index contributed by atoms with van der Waals surface area (Å²) in [4.78, 5) is -1.22. The molecule has 0 amide bonds. The van der Waals surface area contributed by atoms with Gasteiger partial charge in [-0.3, -0.25) is 0 Å². The van der Waals surface area contributed by atoms with Crippen LogP contribution in [0.25, 0.3) is 0 Å². The summed E-state index contributed by atoms with van der Waals surface area (Å²) in [7, 11) is -3.57. The number of fused-ring (bicyclic) bond motifs is 1. The maximum absolute atomic E-state index is 12.3. The first-order valence-electron chi connectivity index (χ1n) is 5.60. The van der Waals surface area contributed by atoms with E-state index in [2.05, 4.69) is 0 Å². The Labute approximate surface area is 95.0 Å². The molecule has 0 aromatic heterocycles. The van der Waals surface area contributed by atoms with E-state index in [1.54, 1.807) is 30.3 Å². The van der Waals surface area contributed by atoms with E-state index < -0.39 is 14.8 Å². The van der Waals surface area contributed by atoms with Crippen LogP contribution in [0.2, 0.25) is 0 Å². The summed E-state index contributed by atoms with van der Waals surface area (Å²) in [5.41, 5.74) is 0. The first-order chi connectivity index (χ1) is 7.58. The molecule has 16 heavy (non-hydrogen) atoms. The van der Waals surface area contributed by atoms with Gasteiger partial charge in [0.2, 0.25) is 9.84 Å². The maximum Gasteiger partial charge on any atom is 0.208 e. The number of aliphatic hydroxyl groups is 1. The molecule has 1 unspecified atom stereocenters. The van der Waals surface area contributed by atoms with E-state index in [1.807, 2.05) is 0 Å². The smallest absolute Gasteiger partial charge is 0.208 e. The molecule has 3 nitrogen and oxygen atoms in total. The summed E-state index contributed by atoms with van der Waals surface area (Å²) in [6, 6.07) is 8.27. The highest BCUT2D eigenvalue weighted by Gasteiger charge is 2.73. The lowest BCUT2D eigenvalue weighted by Crippen LogP contribution is -2.28. The third-order valence-corrected chi connectivity index (χ3v) is 6.31. The van der Waals surface area contributed by atoms with Crippen LogP contribution >= 0.6 is 0 Å². The molecule has 86 valence electrons. The molecular weight excluding hydrogens is 224 g/mol. The highest BCUT2D eigenvalue weighted by atomic mass is 32.2. The molecule has 0 radical (unpaired) electrons. The second kappa shape index (κ2) is 3.08. The molecule has 1 aromatic rings. The third kappa shape index (κ3) is 1.09. The molecule has 1 N–H and O–H groups in total. The van der Waals surface area contributed by atoms with Crippen LogP contribution in [0.5, 0.6) is 0 Å². The normalized spacial score (nSPS) is 37.1. The number of benzene rings is 1. The predicted molar refractivity (Wildman–Crippen MR) is 59.4 cm³/mol. The van der Waals surface area contributed by atoms with E-state index >= 15 is 0 Å². The molecule has 2 aliphatic carbocycles. The van der Waals surface area contributed by atoms with Gasteiger partial charge in [-0.05, 0) is 25.0 Å². The molecule has 0 spiro atoms. The van der Waals surface area contributed by atoms with Crippen molar-refractivity contribution in [1.29, 1.82) is 0 Å². The van der Waals surface area contributed by atoms with Gasteiger partial charge in [0.15, 0.2) is 4.93 Å². The molecule has 2 saturated carbocycles. The van der Waals surface area contributed by atoms with Crippen LogP contribution in [-0.4, -0.2) is 18.5 Å². The van der Waals surface area contributed by atoms with Gasteiger partial charge in [-0.2, -0.15) is 0 Å². The lowest BCUT2D eigenvalue weighted by molar-refractivity contribution is 0.185. The largest absolute Gasteiger partial charge is 0.373 e. The van der Waals surface area contributed by atoms with Gasteiger partial charge in [0.25, 0.3) is 0 Å². The molecule has 0 saturated heterocycles. The minimum Gasteiger partial charge on any atom is -0.373 e. The first-order valence-corrected chi connectivity index (χ1v) is 7.09. The zero-order valence-electron chi connectivity index (χ0n) is 8.83. The highest BCUT2D eigenvalue weighted by Crippen LogP contribution is 2.64. The Morgan fingerprint density at radius 1 is 1.12 bits per heavy atom. The van der Waals surface area contributed by atoms with Crippen molar-refractivity contribution in [2.45, 2.75) is 29.1 Å². The van der Waals surface area contributed by atoms with Crippen molar-refractivity contribution in [3.63, 3.8) is 0 Å². The van der Waals surface area contributed by atoms with Gasteiger partial charge in [-0.25, -0.2) is 8.42 Å². The van der Waals surface area contributed by atoms with E-state index in [4.69, 9.17) is 0 Å². The Hall–Kier alpha value is -0.870. The predicted octanol–water partition coefficient (Wildman–Crippen LogP) is 1.58. The molecule has 0 aliphatic heterocycles. The monoisotopic (exact) mass is 238 g/mol. The average Bonchev–Trinajstić information content (AvgIpc) is 2.69. The maximum atomic E-state index is 12.3. The minimum atomic E-state index is -3.57. The quantitative estimate of drug-likeness (QED) is 0.851. The zero-order valence-corrected chi connectivity index (χ0v) is 9.65. The number of hydrogen-bond acceptors (Lipinski definition) is 3. The molecule has 3 rings (SSSR count). The fourth-order valence-electron chi connectivity index (χ4n) is 3.05. The Morgan fingerprint density at radius 3 is 2.25 bits per heavy atom. The fourth-order valence-corrected chi connectivity index (χ4v) is 5.24. The van der Waals surface area contributed by atoms with Gasteiger partial charge in [-0.15, -0.1) is 0 Å². The Balaban J connectivity index is 2.02. The molecule has 0 heterocycles. The summed E-state index contributed by atoms with van der Waals surface area (Å²) in [5.74, 6) is -0.0598. The van der Waals surface area contributed by atoms with Crippen molar-refractivity contribution in [2.24, 2.45) is 11.8 Å². The van der Waals surface area contributed by atoms with Crippen molar-refractivity contribution >= 4 is 9.84 Å². The van der Waals surface area contributed by atoms with Crippen molar-refractivity contribution in [3.8, 4) is 0 Å². The van der Waals surface area contributed by atoms with E-state index in [0.29, 0.717) is 0 Å². The van der Waals surface area contributed by atoms with Gasteiger partial charge in [-0.1, -0.05) is 24.6 Å². The van der Waals surface area contributed by atoms with Crippen molar-refractivity contribution in [2.75, 3.05) is 0 Å². The minimum absolute atomic E-state index is 0.0299. The zero-order chi connectivity index (χ0) is 11.4. The van der Waals surface area contributed by atoms with Crippen molar-refractivity contribution < 1.29 is 13.5 Å². The molecule has 2 fully saturated rings. The summed E-state index contributed by atoms with van der Waals surface area (Å²) in [6.45, 7) is 0. The average molecular weight is 238 g/mol. The van der Waals surface area contributed by atoms with Gasteiger partial charge in [0, 0.05) is 11.8 Å². The Bertz CT molecular complexity index is 496. The molecule has 3 atom stereocenters. The number of sulfone groups is 1. The van der Waals surface area contributed by atoms with Gasteiger partial charge < -0.3 is 5.11 Å². The Kier molecular flexibility index (Phi) is 1.98. The lowest BCUT2D eigenvalue weighted by atomic mass is 10.2. The van der Waals surface area contributed by atoms with E-state index in [1.165, 1.54) is 0 Å². The summed E-state index contributed by atoms with van der Waals surface area (Å²) >= 11 is 0. The molecule has 1 aromatic carbocycles. The summed E-state index contributed by atoms with van der Waals surface area (Å²) < 4.78 is 24.6. The summed E-state index contributed by atoms with van der Waals surface area (Å²) in [5, 5.41) is 10.3. The van der Waals surface area contributed by atoms with Crippen LogP contribution in [0.3, 0.4) is 0 Å². The second-order valence-electron chi connectivity index (χ2n) is 4.71. The second-order valence-corrected chi connectivity index (χ2v) is 6.84. The number of rotatable bonds is 2. The molecule has 0 bridgehead atoms. The van der Waals surface area contributed by atoms with E-state index in [0.717, 1.165) is 19.3 Å². The SMILES string of the molecule is O=S(=O)(c1ccccc1)C1(O)[C@@H]2CCC[C@@H]21.